The van der Waals surface area contributed by atoms with Gasteiger partial charge < -0.3 is 24.4 Å². The standard InChI is InChI=1S/C32H42N2O6/c1-8-12-22-13-10-11-14-25(22)23-15-17-24(18-16-23)32(39-7)20-26(29(36)38-6)34(21-32)28(35)27(31(3,4)5)33-30(37)40-19-9-2/h8,10-18,26-27H,9,19-21H2,1-7H3,(H,33,37)/t26-,27+,32-/m0/s1. The highest BCUT2D eigenvalue weighted by molar-refractivity contribution is 5.91. The predicted molar refractivity (Wildman–Crippen MR) is 155 cm³/mol. The molecule has 0 aliphatic carbocycles. The molecule has 1 saturated heterocycles. The lowest BCUT2D eigenvalue weighted by Crippen LogP contribution is -2.57. The zero-order valence-electron chi connectivity index (χ0n) is 24.7. The molecule has 216 valence electrons. The van der Waals surface area contributed by atoms with Crippen LogP contribution in [-0.4, -0.2) is 62.3 Å². The summed E-state index contributed by atoms with van der Waals surface area (Å²) in [5.41, 5.74) is 2.50. The van der Waals surface area contributed by atoms with Crippen molar-refractivity contribution >= 4 is 24.0 Å². The van der Waals surface area contributed by atoms with Crippen LogP contribution in [0.3, 0.4) is 0 Å². The number of hydrogen-bond donors (Lipinski definition) is 1. The van der Waals surface area contributed by atoms with Crippen LogP contribution in [0, 0.1) is 5.41 Å². The number of nitrogens with one attached hydrogen (secondary N) is 1. The molecular weight excluding hydrogens is 508 g/mol. The number of methoxy groups -OCH3 is 2. The van der Waals surface area contributed by atoms with Crippen molar-refractivity contribution in [1.29, 1.82) is 0 Å². The fourth-order valence-electron chi connectivity index (χ4n) is 5.13. The minimum Gasteiger partial charge on any atom is -0.467 e. The van der Waals surface area contributed by atoms with Gasteiger partial charge in [-0.2, -0.15) is 0 Å². The van der Waals surface area contributed by atoms with Gasteiger partial charge >= 0.3 is 12.1 Å². The number of nitrogens with zero attached hydrogens (tertiary/aromatic N) is 1. The molecule has 40 heavy (non-hydrogen) atoms. The smallest absolute Gasteiger partial charge is 0.407 e. The molecule has 1 N–H and O–H groups in total. The van der Waals surface area contributed by atoms with E-state index in [0.29, 0.717) is 6.42 Å². The fourth-order valence-corrected chi connectivity index (χ4v) is 5.13. The van der Waals surface area contributed by atoms with Crippen LogP contribution >= 0.6 is 0 Å². The van der Waals surface area contributed by atoms with E-state index in [1.54, 1.807) is 7.11 Å². The van der Waals surface area contributed by atoms with Gasteiger partial charge in [0, 0.05) is 13.5 Å². The number of ether oxygens (including phenoxy) is 3. The van der Waals surface area contributed by atoms with E-state index in [9.17, 15) is 14.4 Å². The van der Waals surface area contributed by atoms with Gasteiger partial charge in [-0.15, -0.1) is 0 Å². The van der Waals surface area contributed by atoms with E-state index < -0.39 is 41.1 Å². The number of amides is 2. The highest BCUT2D eigenvalue weighted by Gasteiger charge is 2.53. The average Bonchev–Trinajstić information content (AvgIpc) is 3.35. The van der Waals surface area contributed by atoms with Crippen LogP contribution in [0.25, 0.3) is 17.2 Å². The molecule has 0 spiro atoms. The molecule has 1 aliphatic heterocycles. The molecular formula is C32H42N2O6. The summed E-state index contributed by atoms with van der Waals surface area (Å²) in [6.45, 7) is 9.80. The molecule has 0 aromatic heterocycles. The fraction of sp³-hybridized carbons (Fsp3) is 0.469. The van der Waals surface area contributed by atoms with Crippen LogP contribution in [0.2, 0.25) is 0 Å². The summed E-state index contributed by atoms with van der Waals surface area (Å²) >= 11 is 0. The third kappa shape index (κ3) is 6.73. The molecule has 2 aromatic carbocycles. The Balaban J connectivity index is 1.96. The molecule has 1 aliphatic rings. The number of carbonyl (C=O) groups excluding carboxylic acids is 3. The molecule has 0 saturated carbocycles. The summed E-state index contributed by atoms with van der Waals surface area (Å²) < 4.78 is 16.4. The number of alkyl carbamates (subject to hydrolysis) is 1. The molecule has 8 nitrogen and oxygen atoms in total. The monoisotopic (exact) mass is 550 g/mol. The molecule has 0 unspecified atom stereocenters. The van der Waals surface area contributed by atoms with Crippen LogP contribution < -0.4 is 5.32 Å². The molecule has 3 rings (SSSR count). The van der Waals surface area contributed by atoms with Crippen LogP contribution in [0.15, 0.2) is 54.6 Å². The lowest BCUT2D eigenvalue weighted by atomic mass is 9.85. The Bertz CT molecular complexity index is 1220. The van der Waals surface area contributed by atoms with E-state index in [4.69, 9.17) is 14.2 Å². The summed E-state index contributed by atoms with van der Waals surface area (Å²) in [7, 11) is 2.88. The average molecular weight is 551 g/mol. The number of hydrogen-bond acceptors (Lipinski definition) is 6. The van der Waals surface area contributed by atoms with Crippen molar-refractivity contribution in [1.82, 2.24) is 10.2 Å². The first-order chi connectivity index (χ1) is 19.0. The van der Waals surface area contributed by atoms with Crippen molar-refractivity contribution in [3.05, 3.63) is 65.7 Å². The van der Waals surface area contributed by atoms with Gasteiger partial charge in [-0.3, -0.25) is 4.79 Å². The zero-order valence-corrected chi connectivity index (χ0v) is 24.7. The Kier molecular flexibility index (Phi) is 10.1. The lowest BCUT2D eigenvalue weighted by molar-refractivity contribution is -0.152. The predicted octanol–water partition coefficient (Wildman–Crippen LogP) is 5.55. The van der Waals surface area contributed by atoms with E-state index in [1.807, 2.05) is 77.1 Å². The second kappa shape index (κ2) is 13.1. The molecule has 8 heteroatoms. The Morgan fingerprint density at radius 2 is 1.77 bits per heavy atom. The quantitative estimate of drug-likeness (QED) is 0.411. The van der Waals surface area contributed by atoms with Crippen LogP contribution in [-0.2, 0) is 29.4 Å². The maximum Gasteiger partial charge on any atom is 0.407 e. The van der Waals surface area contributed by atoms with Gasteiger partial charge in [-0.05, 0) is 41.0 Å². The SMILES string of the molecule is CC=Cc1ccccc1-c1ccc([C@]2(OC)C[C@@H](C(=O)OC)N(C(=O)[C@@H](NC(=O)OCCC)C(C)(C)C)C2)cc1. The number of allylic oxidation sites excluding steroid dienone is 1. The number of likely N-dealkylation sites (tertiary alicyclic amines) is 1. The van der Waals surface area contributed by atoms with Crippen molar-refractivity contribution in [3.8, 4) is 11.1 Å². The molecule has 1 fully saturated rings. The molecule has 3 atom stereocenters. The van der Waals surface area contributed by atoms with E-state index in [0.717, 1.165) is 22.3 Å². The van der Waals surface area contributed by atoms with Crippen LogP contribution in [0.4, 0.5) is 4.79 Å². The highest BCUT2D eigenvalue weighted by Crippen LogP contribution is 2.41. The maximum absolute atomic E-state index is 14.0. The zero-order chi connectivity index (χ0) is 29.5. The van der Waals surface area contributed by atoms with Crippen LogP contribution in [0.5, 0.6) is 0 Å². The second-order valence-corrected chi connectivity index (χ2v) is 11.2. The number of rotatable bonds is 9. The van der Waals surface area contributed by atoms with Crippen molar-refractivity contribution in [2.24, 2.45) is 5.41 Å². The van der Waals surface area contributed by atoms with E-state index in [1.165, 1.54) is 12.0 Å². The first-order valence-electron chi connectivity index (χ1n) is 13.7. The topological polar surface area (TPSA) is 94.2 Å². The van der Waals surface area contributed by atoms with Gasteiger partial charge in [0.2, 0.25) is 5.91 Å². The molecule has 2 aromatic rings. The molecule has 1 heterocycles. The summed E-state index contributed by atoms with van der Waals surface area (Å²) in [6, 6.07) is 14.4. The summed E-state index contributed by atoms with van der Waals surface area (Å²) in [5.74, 6) is -0.933. The lowest BCUT2D eigenvalue weighted by Gasteiger charge is -2.35. The Labute approximate surface area is 237 Å². The molecule has 0 radical (unpaired) electrons. The second-order valence-electron chi connectivity index (χ2n) is 11.2. The van der Waals surface area contributed by atoms with Gasteiger partial charge in [-0.1, -0.05) is 88.4 Å². The number of carbonyl (C=O) groups is 3. The number of benzene rings is 2. The van der Waals surface area contributed by atoms with Crippen molar-refractivity contribution in [2.45, 2.75) is 65.1 Å². The Morgan fingerprint density at radius 3 is 2.35 bits per heavy atom. The minimum absolute atomic E-state index is 0.120. The first kappa shape index (κ1) is 30.9. The van der Waals surface area contributed by atoms with Gasteiger partial charge in [0.15, 0.2) is 0 Å². The van der Waals surface area contributed by atoms with Crippen molar-refractivity contribution in [2.75, 3.05) is 27.4 Å². The third-order valence-electron chi connectivity index (χ3n) is 7.31. The van der Waals surface area contributed by atoms with Gasteiger partial charge in [0.05, 0.1) is 20.3 Å². The highest BCUT2D eigenvalue weighted by atomic mass is 16.5. The number of esters is 1. The Hall–Kier alpha value is -3.65. The molecule has 2 amide bonds. The summed E-state index contributed by atoms with van der Waals surface area (Å²) in [4.78, 5) is 40.9. The largest absolute Gasteiger partial charge is 0.467 e. The van der Waals surface area contributed by atoms with Crippen LogP contribution in [0.1, 0.15) is 58.6 Å². The normalized spacial score (nSPS) is 19.9. The van der Waals surface area contributed by atoms with Gasteiger partial charge in [0.1, 0.15) is 17.7 Å². The summed E-state index contributed by atoms with van der Waals surface area (Å²) in [5, 5.41) is 2.72. The first-order valence-corrected chi connectivity index (χ1v) is 13.7. The van der Waals surface area contributed by atoms with E-state index in [2.05, 4.69) is 23.5 Å². The minimum atomic E-state index is -0.943. The van der Waals surface area contributed by atoms with E-state index >= 15 is 0 Å². The maximum atomic E-state index is 14.0. The summed E-state index contributed by atoms with van der Waals surface area (Å²) in [6.07, 6.45) is 4.28. The Morgan fingerprint density at radius 1 is 1.10 bits per heavy atom. The van der Waals surface area contributed by atoms with Gasteiger partial charge in [-0.25, -0.2) is 9.59 Å². The van der Waals surface area contributed by atoms with Crippen molar-refractivity contribution < 1.29 is 28.6 Å². The van der Waals surface area contributed by atoms with Crippen molar-refractivity contribution in [3.63, 3.8) is 0 Å². The van der Waals surface area contributed by atoms with Gasteiger partial charge in [0.25, 0.3) is 0 Å². The third-order valence-corrected chi connectivity index (χ3v) is 7.31. The molecule has 0 bridgehead atoms. The van der Waals surface area contributed by atoms with E-state index in [-0.39, 0.29) is 19.6 Å².